The number of aryl methyl sites for hydroxylation is 1. The van der Waals surface area contributed by atoms with Gasteiger partial charge in [-0.05, 0) is 43.3 Å². The van der Waals surface area contributed by atoms with E-state index < -0.39 is 0 Å². The third-order valence-corrected chi connectivity index (χ3v) is 5.52. The van der Waals surface area contributed by atoms with E-state index in [-0.39, 0.29) is 0 Å². The molecule has 6 nitrogen and oxygen atoms in total. The highest BCUT2D eigenvalue weighted by Crippen LogP contribution is 2.28. The molecule has 0 unspecified atom stereocenters. The molecule has 0 atom stereocenters. The topological polar surface area (TPSA) is 65.2 Å². The minimum atomic E-state index is 0.666. The Kier molecular flexibility index (Phi) is 5.01. The first kappa shape index (κ1) is 19.1. The highest BCUT2D eigenvalue weighted by molar-refractivity contribution is 7.07. The van der Waals surface area contributed by atoms with Gasteiger partial charge in [0.2, 0.25) is 4.80 Å². The van der Waals surface area contributed by atoms with Crippen molar-refractivity contribution in [3.8, 4) is 17.2 Å². The van der Waals surface area contributed by atoms with Crippen LogP contribution in [0.2, 0.25) is 0 Å². The maximum atomic E-state index is 6.08. The number of benzene rings is 2. The fourth-order valence-electron chi connectivity index (χ4n) is 3.20. The lowest BCUT2D eigenvalue weighted by molar-refractivity contribution is 0.415. The first-order valence-electron chi connectivity index (χ1n) is 9.69. The van der Waals surface area contributed by atoms with Crippen LogP contribution in [-0.2, 0) is 0 Å². The third-order valence-electron chi connectivity index (χ3n) is 4.70. The van der Waals surface area contributed by atoms with Gasteiger partial charge in [-0.25, -0.2) is 9.67 Å². The van der Waals surface area contributed by atoms with E-state index in [1.807, 2.05) is 79.0 Å². The molecule has 0 saturated heterocycles. The molecule has 5 rings (SSSR count). The summed E-state index contributed by atoms with van der Waals surface area (Å²) < 4.78 is 18.8. The second-order valence-electron chi connectivity index (χ2n) is 6.87. The monoisotopic (exact) mass is 429 g/mol. The van der Waals surface area contributed by atoms with Crippen molar-refractivity contribution in [1.82, 2.24) is 4.68 Å². The van der Waals surface area contributed by atoms with Crippen LogP contribution < -0.4 is 9.54 Å². The Labute approximate surface area is 182 Å². The van der Waals surface area contributed by atoms with Gasteiger partial charge in [0.25, 0.3) is 0 Å². The highest BCUT2D eigenvalue weighted by Gasteiger charge is 2.13. The second-order valence-corrected chi connectivity index (χ2v) is 7.71. The first-order valence-corrected chi connectivity index (χ1v) is 10.6. The maximum absolute atomic E-state index is 6.08. The third kappa shape index (κ3) is 3.95. The second kappa shape index (κ2) is 8.12. The van der Waals surface area contributed by atoms with Gasteiger partial charge in [0.05, 0.1) is 19.0 Å². The highest BCUT2D eigenvalue weighted by atomic mass is 32.1. The number of furan rings is 2. The molecule has 2 aromatic carbocycles. The Bertz CT molecular complexity index is 1420. The zero-order chi connectivity index (χ0) is 21.2. The van der Waals surface area contributed by atoms with Gasteiger partial charge in [-0.2, -0.15) is 5.10 Å². The van der Waals surface area contributed by atoms with E-state index in [0.29, 0.717) is 10.6 Å². The van der Waals surface area contributed by atoms with E-state index in [1.165, 1.54) is 11.3 Å². The quantitative estimate of drug-likeness (QED) is 0.323. The molecule has 0 aliphatic heterocycles. The van der Waals surface area contributed by atoms with E-state index in [1.54, 1.807) is 18.0 Å². The molecule has 0 fully saturated rings. The summed E-state index contributed by atoms with van der Waals surface area (Å²) in [5, 5.41) is 7.68. The van der Waals surface area contributed by atoms with E-state index >= 15 is 0 Å². The number of hydrogen-bond acceptors (Lipinski definition) is 6. The van der Waals surface area contributed by atoms with E-state index in [0.717, 1.165) is 39.6 Å². The molecule has 0 N–H and O–H groups in total. The van der Waals surface area contributed by atoms with Crippen LogP contribution in [0.4, 0.5) is 5.69 Å². The zero-order valence-corrected chi connectivity index (χ0v) is 17.8. The molecule has 0 spiro atoms. The number of methoxy groups -OCH3 is 1. The van der Waals surface area contributed by atoms with Crippen LogP contribution in [-0.4, -0.2) is 18.0 Å². The van der Waals surface area contributed by atoms with Crippen LogP contribution in [0.5, 0.6) is 5.75 Å². The zero-order valence-electron chi connectivity index (χ0n) is 17.0. The molecule has 0 radical (unpaired) electrons. The molecule has 0 aliphatic carbocycles. The molecule has 5 aromatic rings. The van der Waals surface area contributed by atoms with Crippen LogP contribution in [0.1, 0.15) is 11.5 Å². The summed E-state index contributed by atoms with van der Waals surface area (Å²) >= 11 is 1.48. The fourth-order valence-corrected chi connectivity index (χ4v) is 4.03. The van der Waals surface area contributed by atoms with Gasteiger partial charge in [0.1, 0.15) is 28.5 Å². The van der Waals surface area contributed by atoms with Gasteiger partial charge in [-0.15, -0.1) is 11.3 Å². The van der Waals surface area contributed by atoms with Crippen molar-refractivity contribution in [2.45, 2.75) is 6.92 Å². The van der Waals surface area contributed by atoms with Crippen molar-refractivity contribution in [2.24, 2.45) is 10.1 Å². The lowest BCUT2D eigenvalue weighted by Crippen LogP contribution is -2.11. The van der Waals surface area contributed by atoms with Crippen molar-refractivity contribution >= 4 is 34.2 Å². The van der Waals surface area contributed by atoms with Gasteiger partial charge in [-0.1, -0.05) is 24.3 Å². The molecule has 3 heterocycles. The van der Waals surface area contributed by atoms with Crippen molar-refractivity contribution in [1.29, 1.82) is 0 Å². The minimum absolute atomic E-state index is 0.666. The minimum Gasteiger partial charge on any atom is -0.497 e. The van der Waals surface area contributed by atoms with E-state index in [4.69, 9.17) is 18.6 Å². The number of hydrogen-bond donors (Lipinski definition) is 0. The number of thiazole rings is 1. The molecular weight excluding hydrogens is 410 g/mol. The van der Waals surface area contributed by atoms with Crippen LogP contribution in [0, 0.1) is 6.92 Å². The van der Waals surface area contributed by atoms with Crippen LogP contribution >= 0.6 is 11.3 Å². The number of rotatable bonds is 5. The van der Waals surface area contributed by atoms with Crippen LogP contribution in [0.3, 0.4) is 0 Å². The summed E-state index contributed by atoms with van der Waals surface area (Å²) in [7, 11) is 1.64. The summed E-state index contributed by atoms with van der Waals surface area (Å²) in [6, 6.07) is 21.3. The Hall–Kier alpha value is -3.84. The van der Waals surface area contributed by atoms with Gasteiger partial charge in [0.15, 0.2) is 5.76 Å². The predicted octanol–water partition coefficient (Wildman–Crippen LogP) is 5.99. The largest absolute Gasteiger partial charge is 0.497 e. The van der Waals surface area contributed by atoms with Crippen LogP contribution in [0.25, 0.3) is 22.4 Å². The van der Waals surface area contributed by atoms with Crippen LogP contribution in [0.15, 0.2) is 91.0 Å². The molecule has 7 heteroatoms. The molecule has 154 valence electrons. The summed E-state index contributed by atoms with van der Waals surface area (Å²) in [6.45, 7) is 1.90. The van der Waals surface area contributed by atoms with Crippen molar-refractivity contribution < 1.29 is 13.6 Å². The lowest BCUT2D eigenvalue weighted by Gasteiger charge is -2.01. The normalized spacial score (nSPS) is 12.3. The Morgan fingerprint density at radius 2 is 1.90 bits per heavy atom. The number of nitrogens with zero attached hydrogens (tertiary/aromatic N) is 3. The maximum Gasteiger partial charge on any atom is 0.211 e. The predicted molar refractivity (Wildman–Crippen MR) is 122 cm³/mol. The fraction of sp³-hybridized carbons (Fsp3) is 0.0833. The Morgan fingerprint density at radius 1 is 1.00 bits per heavy atom. The van der Waals surface area contributed by atoms with E-state index in [9.17, 15) is 0 Å². The smallest absolute Gasteiger partial charge is 0.211 e. The molecule has 0 amide bonds. The van der Waals surface area contributed by atoms with E-state index in [2.05, 4.69) is 5.10 Å². The van der Waals surface area contributed by atoms with Crippen molar-refractivity contribution in [2.75, 3.05) is 7.11 Å². The number of aromatic nitrogens is 1. The van der Waals surface area contributed by atoms with Gasteiger partial charge in [-0.3, -0.25) is 0 Å². The average Bonchev–Trinajstić information content (AvgIpc) is 3.50. The van der Waals surface area contributed by atoms with Crippen molar-refractivity contribution in [3.63, 3.8) is 0 Å². The van der Waals surface area contributed by atoms with Crippen molar-refractivity contribution in [3.05, 3.63) is 88.4 Å². The number of ether oxygens (including phenoxy) is 1. The molecule has 0 saturated carbocycles. The molecule has 0 aliphatic rings. The lowest BCUT2D eigenvalue weighted by atomic mass is 10.2. The number of para-hydroxylation sites is 1. The summed E-state index contributed by atoms with van der Waals surface area (Å²) in [6.07, 6.45) is 1.68. The Balaban J connectivity index is 1.65. The first-order chi connectivity index (χ1) is 15.2. The summed E-state index contributed by atoms with van der Waals surface area (Å²) in [5.41, 5.74) is 2.41. The SMILES string of the molecule is COc1cccc(N=c2scc(-c3cc4ccccc4o3)n2N=Cc2ccc(C)o2)c1. The molecule has 31 heavy (non-hydrogen) atoms. The number of fused-ring (bicyclic) bond motifs is 1. The molecule has 0 bridgehead atoms. The van der Waals surface area contributed by atoms with Gasteiger partial charge in [0, 0.05) is 16.8 Å². The van der Waals surface area contributed by atoms with Gasteiger partial charge < -0.3 is 13.6 Å². The summed E-state index contributed by atoms with van der Waals surface area (Å²) in [4.78, 5) is 5.48. The Morgan fingerprint density at radius 3 is 2.71 bits per heavy atom. The summed E-state index contributed by atoms with van der Waals surface area (Å²) in [5.74, 6) is 2.96. The van der Waals surface area contributed by atoms with Gasteiger partial charge >= 0.3 is 0 Å². The standard InChI is InChI=1S/C24H19N3O3S/c1-16-10-11-20(29-16)14-25-27-21(23-12-17-6-3-4-9-22(17)30-23)15-31-24(27)26-18-7-5-8-19(13-18)28-2/h3-15H,1-2H3. The molecular formula is C24H19N3O3S. The average molecular weight is 430 g/mol. The molecule has 3 aromatic heterocycles.